The molecule has 54 valence electrons. The lowest BCUT2D eigenvalue weighted by Gasteiger charge is -2.02. The predicted molar refractivity (Wildman–Crippen MR) is 43.0 cm³/mol. The first-order valence-corrected chi connectivity index (χ1v) is 4.10. The molecule has 1 aromatic rings. The zero-order valence-corrected chi connectivity index (χ0v) is 6.52. The summed E-state index contributed by atoms with van der Waals surface area (Å²) < 4.78 is 0. The molecule has 0 aromatic heterocycles. The van der Waals surface area contributed by atoms with Gasteiger partial charge in [0.15, 0.2) is 5.75 Å². The lowest BCUT2D eigenvalue weighted by Crippen LogP contribution is -2.02. The molecule has 2 nitrogen and oxygen atoms in total. The molecular weight excluding hydrogens is 146 g/mol. The van der Waals surface area contributed by atoms with Crippen molar-refractivity contribution in [3.05, 3.63) is 24.3 Å². The van der Waals surface area contributed by atoms with Crippen LogP contribution in [0.15, 0.2) is 29.2 Å². The Bertz CT molecular complexity index is 192. The van der Waals surface area contributed by atoms with E-state index in [1.165, 1.54) is 0 Å². The fraction of sp³-hybridized carbons (Fsp3) is 0.143. The second kappa shape index (κ2) is 3.49. The van der Waals surface area contributed by atoms with E-state index in [0.717, 1.165) is 10.6 Å². The minimum atomic E-state index is 0.731. The van der Waals surface area contributed by atoms with Gasteiger partial charge in [0.05, 0.1) is 4.90 Å². The Hall–Kier alpha value is -0.670. The molecule has 0 amide bonds. The molecule has 0 heterocycles. The van der Waals surface area contributed by atoms with Gasteiger partial charge in [0.25, 0.3) is 0 Å². The summed E-state index contributed by atoms with van der Waals surface area (Å²) in [6, 6.07) is 7.65. The van der Waals surface area contributed by atoms with Gasteiger partial charge in [0.2, 0.25) is 0 Å². The average Bonchev–Trinajstić information content (AvgIpc) is 2.04. The van der Waals surface area contributed by atoms with Crippen LogP contribution in [0.1, 0.15) is 0 Å². The third-order valence-electron chi connectivity index (χ3n) is 1.20. The first-order valence-electron chi connectivity index (χ1n) is 2.88. The highest BCUT2D eigenvalue weighted by atomic mass is 32.2. The SMILES string of the molecule is CSc1ccccc1ON. The third-order valence-corrected chi connectivity index (χ3v) is 1.97. The van der Waals surface area contributed by atoms with Crippen molar-refractivity contribution in [1.82, 2.24) is 0 Å². The van der Waals surface area contributed by atoms with Crippen molar-refractivity contribution in [2.75, 3.05) is 6.26 Å². The second-order valence-electron chi connectivity index (χ2n) is 1.77. The van der Waals surface area contributed by atoms with Crippen LogP contribution in [0.25, 0.3) is 0 Å². The Morgan fingerprint density at radius 1 is 1.40 bits per heavy atom. The van der Waals surface area contributed by atoms with Gasteiger partial charge in [0, 0.05) is 0 Å². The van der Waals surface area contributed by atoms with Gasteiger partial charge in [-0.2, -0.15) is 5.90 Å². The molecule has 1 rings (SSSR count). The molecule has 0 aliphatic carbocycles. The van der Waals surface area contributed by atoms with E-state index < -0.39 is 0 Å². The molecule has 0 fully saturated rings. The second-order valence-corrected chi connectivity index (χ2v) is 2.62. The zero-order valence-electron chi connectivity index (χ0n) is 5.70. The fourth-order valence-electron chi connectivity index (χ4n) is 0.716. The van der Waals surface area contributed by atoms with Crippen LogP contribution in [0.2, 0.25) is 0 Å². The molecule has 0 unspecified atom stereocenters. The van der Waals surface area contributed by atoms with Crippen LogP contribution in [0.4, 0.5) is 0 Å². The maximum atomic E-state index is 5.01. The van der Waals surface area contributed by atoms with E-state index in [-0.39, 0.29) is 0 Å². The van der Waals surface area contributed by atoms with Crippen LogP contribution in [-0.4, -0.2) is 6.26 Å². The van der Waals surface area contributed by atoms with Gasteiger partial charge in [-0.3, -0.25) is 0 Å². The molecule has 0 atom stereocenters. The molecular formula is C7H9NOS. The van der Waals surface area contributed by atoms with Gasteiger partial charge in [0.1, 0.15) is 0 Å². The third kappa shape index (κ3) is 1.43. The molecule has 1 aromatic carbocycles. The number of hydrogen-bond acceptors (Lipinski definition) is 3. The molecule has 3 heteroatoms. The first kappa shape index (κ1) is 7.44. The van der Waals surface area contributed by atoms with Crippen molar-refractivity contribution in [3.63, 3.8) is 0 Å². The molecule has 0 saturated heterocycles. The molecule has 2 N–H and O–H groups in total. The molecule has 0 bridgehead atoms. The first-order chi connectivity index (χ1) is 4.88. The highest BCUT2D eigenvalue weighted by Gasteiger charge is 1.97. The maximum absolute atomic E-state index is 5.01. The molecule has 10 heavy (non-hydrogen) atoms. The van der Waals surface area contributed by atoms with Crippen molar-refractivity contribution in [1.29, 1.82) is 0 Å². The van der Waals surface area contributed by atoms with Crippen LogP contribution in [0.5, 0.6) is 5.75 Å². The van der Waals surface area contributed by atoms with Crippen LogP contribution in [0, 0.1) is 0 Å². The van der Waals surface area contributed by atoms with Gasteiger partial charge in [-0.05, 0) is 18.4 Å². The van der Waals surface area contributed by atoms with Crippen LogP contribution >= 0.6 is 11.8 Å². The van der Waals surface area contributed by atoms with Crippen molar-refractivity contribution in [2.24, 2.45) is 5.90 Å². The van der Waals surface area contributed by atoms with E-state index >= 15 is 0 Å². The lowest BCUT2D eigenvalue weighted by atomic mass is 10.3. The summed E-state index contributed by atoms with van der Waals surface area (Å²) in [5.74, 6) is 5.74. The van der Waals surface area contributed by atoms with Crippen molar-refractivity contribution in [3.8, 4) is 5.75 Å². The maximum Gasteiger partial charge on any atom is 0.160 e. The number of para-hydroxylation sites is 1. The van der Waals surface area contributed by atoms with Crippen molar-refractivity contribution in [2.45, 2.75) is 4.90 Å². The van der Waals surface area contributed by atoms with Gasteiger partial charge >= 0.3 is 0 Å². The average molecular weight is 155 g/mol. The molecule has 0 aliphatic heterocycles. The number of nitrogens with two attached hydrogens (primary N) is 1. The van der Waals surface area contributed by atoms with E-state index in [1.807, 2.05) is 30.5 Å². The molecule has 0 saturated carbocycles. The number of rotatable bonds is 2. The molecule has 0 radical (unpaired) electrons. The highest BCUT2D eigenvalue weighted by Crippen LogP contribution is 2.25. The lowest BCUT2D eigenvalue weighted by molar-refractivity contribution is 0.326. The normalized spacial score (nSPS) is 9.40. The Balaban J connectivity index is 2.96. The Morgan fingerprint density at radius 2 is 2.10 bits per heavy atom. The summed E-state index contributed by atoms with van der Waals surface area (Å²) in [6.07, 6.45) is 1.98. The summed E-state index contributed by atoms with van der Waals surface area (Å²) in [5.41, 5.74) is 0. The summed E-state index contributed by atoms with van der Waals surface area (Å²) in [6.45, 7) is 0. The van der Waals surface area contributed by atoms with E-state index in [1.54, 1.807) is 11.8 Å². The Morgan fingerprint density at radius 3 is 2.60 bits per heavy atom. The predicted octanol–water partition coefficient (Wildman–Crippen LogP) is 1.66. The van der Waals surface area contributed by atoms with Gasteiger partial charge in [-0.15, -0.1) is 11.8 Å². The Labute approximate surface area is 64.3 Å². The zero-order chi connectivity index (χ0) is 7.40. The molecule has 0 aliphatic rings. The monoisotopic (exact) mass is 155 g/mol. The van der Waals surface area contributed by atoms with Gasteiger partial charge in [-0.25, -0.2) is 0 Å². The van der Waals surface area contributed by atoms with Crippen LogP contribution in [0.3, 0.4) is 0 Å². The topological polar surface area (TPSA) is 35.2 Å². The molecule has 0 spiro atoms. The smallest absolute Gasteiger partial charge is 0.160 e. The fourth-order valence-corrected chi connectivity index (χ4v) is 1.25. The van der Waals surface area contributed by atoms with Crippen molar-refractivity contribution < 1.29 is 4.84 Å². The minimum absolute atomic E-state index is 0.731. The van der Waals surface area contributed by atoms with Crippen LogP contribution in [-0.2, 0) is 0 Å². The van der Waals surface area contributed by atoms with E-state index in [9.17, 15) is 0 Å². The number of benzene rings is 1. The number of hydrogen-bond donors (Lipinski definition) is 1. The van der Waals surface area contributed by atoms with E-state index in [4.69, 9.17) is 5.90 Å². The van der Waals surface area contributed by atoms with E-state index in [0.29, 0.717) is 0 Å². The highest BCUT2D eigenvalue weighted by molar-refractivity contribution is 7.98. The van der Waals surface area contributed by atoms with Gasteiger partial charge in [-0.1, -0.05) is 12.1 Å². The summed E-state index contributed by atoms with van der Waals surface area (Å²) >= 11 is 1.61. The van der Waals surface area contributed by atoms with E-state index in [2.05, 4.69) is 4.84 Å². The Kier molecular flexibility index (Phi) is 2.59. The minimum Gasteiger partial charge on any atom is -0.410 e. The standard InChI is InChI=1S/C7H9NOS/c1-10-7-5-3-2-4-6(7)9-8/h2-5H,8H2,1H3. The summed E-state index contributed by atoms with van der Waals surface area (Å²) in [4.78, 5) is 5.68. The largest absolute Gasteiger partial charge is 0.410 e. The quantitative estimate of drug-likeness (QED) is 0.521. The van der Waals surface area contributed by atoms with Gasteiger partial charge < -0.3 is 4.84 Å². The summed E-state index contributed by atoms with van der Waals surface area (Å²) in [7, 11) is 0. The van der Waals surface area contributed by atoms with Crippen molar-refractivity contribution >= 4 is 11.8 Å². The summed E-state index contributed by atoms with van der Waals surface area (Å²) in [5, 5.41) is 0. The number of thioether (sulfide) groups is 1. The van der Waals surface area contributed by atoms with Crippen LogP contribution < -0.4 is 10.7 Å².